The van der Waals surface area contributed by atoms with Crippen molar-refractivity contribution in [1.82, 2.24) is 9.55 Å². The number of fused-ring (bicyclic) bond motifs is 1. The number of methoxy groups -OCH3 is 1. The van der Waals surface area contributed by atoms with Crippen LogP contribution in [0.5, 0.6) is 5.75 Å². The molecule has 0 radical (unpaired) electrons. The Hall–Kier alpha value is -3.54. The number of anilines is 1. The van der Waals surface area contributed by atoms with E-state index in [2.05, 4.69) is 34.1 Å². The number of carbonyl (C=O) groups is 1. The SMILES string of the molecule is CCOc1ccccc1-c1ccc2c(c1)C=C(C(=O)OC)CCN2Cc1nccn1C. The average Bonchev–Trinajstić information content (AvgIpc) is 3.10. The predicted molar refractivity (Wildman–Crippen MR) is 122 cm³/mol. The number of carbonyl (C=O) groups excluding carboxylic acids is 1. The average molecular weight is 418 g/mol. The number of benzene rings is 2. The summed E-state index contributed by atoms with van der Waals surface area (Å²) in [5, 5.41) is 0. The minimum atomic E-state index is -0.287. The highest BCUT2D eigenvalue weighted by atomic mass is 16.5. The summed E-state index contributed by atoms with van der Waals surface area (Å²) >= 11 is 0. The first-order valence-electron chi connectivity index (χ1n) is 10.5. The molecule has 2 heterocycles. The van der Waals surface area contributed by atoms with Crippen LogP contribution in [0.2, 0.25) is 0 Å². The minimum absolute atomic E-state index is 0.287. The van der Waals surface area contributed by atoms with Crippen molar-refractivity contribution < 1.29 is 14.3 Å². The van der Waals surface area contributed by atoms with Gasteiger partial charge in [-0.3, -0.25) is 0 Å². The van der Waals surface area contributed by atoms with Gasteiger partial charge in [-0.2, -0.15) is 0 Å². The molecular weight excluding hydrogens is 390 g/mol. The molecule has 0 spiro atoms. The summed E-state index contributed by atoms with van der Waals surface area (Å²) in [5.74, 6) is 1.53. The van der Waals surface area contributed by atoms with E-state index in [9.17, 15) is 4.79 Å². The van der Waals surface area contributed by atoms with Crippen molar-refractivity contribution in [3.8, 4) is 16.9 Å². The number of nitrogens with zero attached hydrogens (tertiary/aromatic N) is 3. The van der Waals surface area contributed by atoms with Crippen LogP contribution in [0.3, 0.4) is 0 Å². The first-order valence-corrected chi connectivity index (χ1v) is 10.5. The molecule has 1 aromatic heterocycles. The van der Waals surface area contributed by atoms with E-state index < -0.39 is 0 Å². The van der Waals surface area contributed by atoms with Gasteiger partial charge in [-0.05, 0) is 48.7 Å². The van der Waals surface area contributed by atoms with E-state index >= 15 is 0 Å². The lowest BCUT2D eigenvalue weighted by Gasteiger charge is -2.25. The van der Waals surface area contributed by atoms with Crippen LogP contribution in [0.15, 0.2) is 60.4 Å². The Labute approximate surface area is 182 Å². The third-order valence-corrected chi connectivity index (χ3v) is 5.55. The number of imidazole rings is 1. The maximum atomic E-state index is 12.4. The summed E-state index contributed by atoms with van der Waals surface area (Å²) in [6.07, 6.45) is 6.31. The Morgan fingerprint density at radius 3 is 2.77 bits per heavy atom. The maximum Gasteiger partial charge on any atom is 0.333 e. The molecule has 6 nitrogen and oxygen atoms in total. The summed E-state index contributed by atoms with van der Waals surface area (Å²) in [4.78, 5) is 19.1. The molecule has 0 fully saturated rings. The van der Waals surface area contributed by atoms with Crippen molar-refractivity contribution in [2.24, 2.45) is 7.05 Å². The summed E-state index contributed by atoms with van der Waals surface area (Å²) in [6, 6.07) is 14.4. The van der Waals surface area contributed by atoms with E-state index in [1.165, 1.54) is 7.11 Å². The maximum absolute atomic E-state index is 12.4. The number of ether oxygens (including phenoxy) is 2. The number of hydrogen-bond donors (Lipinski definition) is 0. The van der Waals surface area contributed by atoms with Crippen LogP contribution < -0.4 is 9.64 Å². The van der Waals surface area contributed by atoms with Crippen LogP contribution in [0.1, 0.15) is 24.7 Å². The third-order valence-electron chi connectivity index (χ3n) is 5.55. The first kappa shape index (κ1) is 20.7. The van der Waals surface area contributed by atoms with Crippen LogP contribution in [0.25, 0.3) is 17.2 Å². The van der Waals surface area contributed by atoms with Crippen LogP contribution in [-0.4, -0.2) is 35.8 Å². The molecule has 1 aliphatic rings. The van der Waals surface area contributed by atoms with Gasteiger partial charge in [0.15, 0.2) is 0 Å². The van der Waals surface area contributed by atoms with Gasteiger partial charge in [0.2, 0.25) is 0 Å². The zero-order valence-electron chi connectivity index (χ0n) is 18.2. The molecule has 31 heavy (non-hydrogen) atoms. The molecule has 160 valence electrons. The second kappa shape index (κ2) is 9.08. The molecule has 1 aliphatic heterocycles. The highest BCUT2D eigenvalue weighted by molar-refractivity contribution is 5.96. The van der Waals surface area contributed by atoms with Crippen molar-refractivity contribution in [2.75, 3.05) is 25.2 Å². The van der Waals surface area contributed by atoms with Crippen LogP contribution >= 0.6 is 0 Å². The van der Waals surface area contributed by atoms with E-state index in [0.717, 1.165) is 34.0 Å². The van der Waals surface area contributed by atoms with Crippen LogP contribution in [-0.2, 0) is 23.1 Å². The van der Waals surface area contributed by atoms with E-state index in [-0.39, 0.29) is 5.97 Å². The molecule has 3 aromatic rings. The molecule has 0 unspecified atom stereocenters. The highest BCUT2D eigenvalue weighted by Gasteiger charge is 2.22. The van der Waals surface area contributed by atoms with E-state index in [0.29, 0.717) is 31.7 Å². The number of aryl methyl sites for hydroxylation is 1. The molecule has 0 atom stereocenters. The van der Waals surface area contributed by atoms with Gasteiger partial charge in [0, 0.05) is 42.8 Å². The summed E-state index contributed by atoms with van der Waals surface area (Å²) in [7, 11) is 3.42. The van der Waals surface area contributed by atoms with Gasteiger partial charge >= 0.3 is 5.97 Å². The standard InChI is InChI=1S/C25H27N3O3/c1-4-31-23-8-6-5-7-21(23)18-9-10-22-20(15-18)16-19(25(29)30-3)11-13-28(22)17-24-26-12-14-27(24)2/h5-10,12,14-16H,4,11,13,17H2,1-3H3. The second-order valence-electron chi connectivity index (χ2n) is 7.49. The Bertz CT molecular complexity index is 1120. The Kier molecular flexibility index (Phi) is 6.07. The quantitative estimate of drug-likeness (QED) is 0.555. The zero-order chi connectivity index (χ0) is 21.8. The lowest BCUT2D eigenvalue weighted by molar-refractivity contribution is -0.136. The zero-order valence-corrected chi connectivity index (χ0v) is 18.2. The Morgan fingerprint density at radius 2 is 2.03 bits per heavy atom. The van der Waals surface area contributed by atoms with E-state index in [1.807, 2.05) is 49.0 Å². The molecule has 0 amide bonds. The molecule has 0 saturated heterocycles. The van der Waals surface area contributed by atoms with Crippen molar-refractivity contribution in [3.63, 3.8) is 0 Å². The summed E-state index contributed by atoms with van der Waals surface area (Å²) in [5.41, 5.74) is 4.79. The highest BCUT2D eigenvalue weighted by Crippen LogP contribution is 2.36. The molecular formula is C25H27N3O3. The number of esters is 1. The fourth-order valence-corrected chi connectivity index (χ4v) is 3.92. The number of aromatic nitrogens is 2. The molecule has 6 heteroatoms. The molecule has 0 aliphatic carbocycles. The van der Waals surface area contributed by atoms with Crippen molar-refractivity contribution in [2.45, 2.75) is 19.9 Å². The lowest BCUT2D eigenvalue weighted by atomic mass is 9.99. The van der Waals surface area contributed by atoms with Gasteiger partial charge in [-0.1, -0.05) is 24.3 Å². The normalized spacial score (nSPS) is 13.3. The molecule has 0 bridgehead atoms. The van der Waals surface area contributed by atoms with Gasteiger partial charge in [0.25, 0.3) is 0 Å². The smallest absolute Gasteiger partial charge is 0.333 e. The fraction of sp³-hybridized carbons (Fsp3) is 0.280. The summed E-state index contributed by atoms with van der Waals surface area (Å²) < 4.78 is 12.9. The van der Waals surface area contributed by atoms with Crippen molar-refractivity contribution in [3.05, 3.63) is 71.8 Å². The van der Waals surface area contributed by atoms with E-state index in [1.54, 1.807) is 6.20 Å². The van der Waals surface area contributed by atoms with Crippen LogP contribution in [0.4, 0.5) is 5.69 Å². The van der Waals surface area contributed by atoms with Crippen LogP contribution in [0, 0.1) is 0 Å². The summed E-state index contributed by atoms with van der Waals surface area (Å²) in [6.45, 7) is 3.95. The Morgan fingerprint density at radius 1 is 1.19 bits per heavy atom. The molecule has 0 N–H and O–H groups in total. The van der Waals surface area contributed by atoms with Crippen molar-refractivity contribution in [1.29, 1.82) is 0 Å². The lowest BCUT2D eigenvalue weighted by Crippen LogP contribution is -2.26. The monoisotopic (exact) mass is 417 g/mol. The van der Waals surface area contributed by atoms with Gasteiger partial charge < -0.3 is 18.9 Å². The fourth-order valence-electron chi connectivity index (χ4n) is 3.92. The minimum Gasteiger partial charge on any atom is -0.493 e. The molecule has 4 rings (SSSR count). The van der Waals surface area contributed by atoms with E-state index in [4.69, 9.17) is 9.47 Å². The largest absolute Gasteiger partial charge is 0.493 e. The Balaban J connectivity index is 1.78. The first-order chi connectivity index (χ1) is 15.1. The topological polar surface area (TPSA) is 56.6 Å². The number of rotatable bonds is 6. The van der Waals surface area contributed by atoms with Gasteiger partial charge in [0.1, 0.15) is 11.6 Å². The van der Waals surface area contributed by atoms with Crippen molar-refractivity contribution >= 4 is 17.7 Å². The molecule has 2 aromatic carbocycles. The number of hydrogen-bond acceptors (Lipinski definition) is 5. The predicted octanol–water partition coefficient (Wildman–Crippen LogP) is 4.45. The van der Waals surface area contributed by atoms with Gasteiger partial charge in [-0.15, -0.1) is 0 Å². The van der Waals surface area contributed by atoms with Gasteiger partial charge in [0.05, 0.1) is 20.3 Å². The second-order valence-corrected chi connectivity index (χ2v) is 7.49. The molecule has 0 saturated carbocycles. The number of para-hydroxylation sites is 1. The van der Waals surface area contributed by atoms with Gasteiger partial charge in [-0.25, -0.2) is 9.78 Å². The third kappa shape index (κ3) is 4.33.